The van der Waals surface area contributed by atoms with Crippen LogP contribution < -0.4 is 15.4 Å². The largest absolute Gasteiger partial charge is 0.496 e. The number of methoxy groups -OCH3 is 1. The van der Waals surface area contributed by atoms with Gasteiger partial charge in [0.15, 0.2) is 0 Å². The van der Waals surface area contributed by atoms with Crippen molar-refractivity contribution < 1.29 is 19.1 Å². The molecule has 3 amide bonds. The number of aromatic amines is 1. The van der Waals surface area contributed by atoms with Gasteiger partial charge in [-0.25, -0.2) is 0 Å². The first-order chi connectivity index (χ1) is 17.0. The molecule has 35 heavy (non-hydrogen) atoms. The molecule has 4 aliphatic rings. The van der Waals surface area contributed by atoms with Crippen molar-refractivity contribution in [2.75, 3.05) is 13.7 Å². The number of hydrogen-bond donors (Lipinski definition) is 3. The Bertz CT molecular complexity index is 1180. The average Bonchev–Trinajstić information content (AvgIpc) is 3.33. The Kier molecular flexibility index (Phi) is 6.37. The van der Waals surface area contributed by atoms with E-state index in [-0.39, 0.29) is 42.0 Å². The summed E-state index contributed by atoms with van der Waals surface area (Å²) in [5.74, 6) is -0.123. The second kappa shape index (κ2) is 9.61. The number of nitrogens with one attached hydrogen (secondary N) is 3. The number of nitriles is 1. The number of benzene rings is 1. The van der Waals surface area contributed by atoms with Crippen molar-refractivity contribution in [3.63, 3.8) is 0 Å². The molecule has 1 aromatic heterocycles. The van der Waals surface area contributed by atoms with Gasteiger partial charge in [0.25, 0.3) is 5.91 Å². The summed E-state index contributed by atoms with van der Waals surface area (Å²) in [6, 6.07) is 8.12. The lowest BCUT2D eigenvalue weighted by Crippen LogP contribution is -2.63. The lowest BCUT2D eigenvalue weighted by Gasteiger charge is -2.50. The molecular formula is C26H31N5O4. The van der Waals surface area contributed by atoms with E-state index in [0.29, 0.717) is 24.4 Å². The SMILES string of the molecule is COc1cccc2[nH]c(C(=O)N3C4CCC(CC4)[C@H]3C(=O)N[C@H](C#N)C[C@@H]3CCCNC3=O)cc12. The zero-order valence-electron chi connectivity index (χ0n) is 19.9. The summed E-state index contributed by atoms with van der Waals surface area (Å²) in [6.07, 6.45) is 5.37. The van der Waals surface area contributed by atoms with Gasteiger partial charge in [-0.1, -0.05) is 6.07 Å². The minimum atomic E-state index is -0.772. The van der Waals surface area contributed by atoms with Gasteiger partial charge in [-0.05, 0) is 69.1 Å². The third-order valence-corrected chi connectivity index (χ3v) is 7.85. The first-order valence-corrected chi connectivity index (χ1v) is 12.5. The first-order valence-electron chi connectivity index (χ1n) is 12.5. The highest BCUT2D eigenvalue weighted by molar-refractivity contribution is 6.02. The standard InChI is InChI=1S/C26H31N5O4/c1-35-22-6-2-5-20-19(22)13-21(30-20)26(34)31-18-9-7-15(8-10-18)23(31)25(33)29-17(14-27)12-16-4-3-11-28-24(16)32/h2,5-6,13,15-18,23,30H,3-4,7-12H2,1H3,(H,28,32)(H,29,33)/t15?,16-,17-,18?,23-/m0/s1. The number of amides is 3. The van der Waals surface area contributed by atoms with E-state index in [2.05, 4.69) is 21.7 Å². The predicted molar refractivity (Wildman–Crippen MR) is 128 cm³/mol. The quantitative estimate of drug-likeness (QED) is 0.589. The van der Waals surface area contributed by atoms with Gasteiger partial charge in [-0.3, -0.25) is 14.4 Å². The molecule has 9 nitrogen and oxygen atoms in total. The highest BCUT2D eigenvalue weighted by Crippen LogP contribution is 2.41. The number of rotatable bonds is 6. The van der Waals surface area contributed by atoms with E-state index in [1.807, 2.05) is 18.2 Å². The molecule has 1 aliphatic carbocycles. The van der Waals surface area contributed by atoms with Crippen LogP contribution >= 0.6 is 0 Å². The van der Waals surface area contributed by atoms with Crippen LogP contribution in [0.25, 0.3) is 10.9 Å². The summed E-state index contributed by atoms with van der Waals surface area (Å²) in [5, 5.41) is 16.2. The minimum absolute atomic E-state index is 0.0128. The zero-order valence-corrected chi connectivity index (χ0v) is 19.9. The molecule has 184 valence electrons. The summed E-state index contributed by atoms with van der Waals surface area (Å²) in [7, 11) is 1.59. The van der Waals surface area contributed by atoms with Crippen molar-refractivity contribution >= 4 is 28.6 Å². The van der Waals surface area contributed by atoms with Crippen molar-refractivity contribution in [2.45, 2.75) is 63.1 Å². The molecule has 3 atom stereocenters. The fourth-order valence-corrected chi connectivity index (χ4v) is 6.09. The molecule has 4 fully saturated rings. The monoisotopic (exact) mass is 477 g/mol. The van der Waals surface area contributed by atoms with Crippen molar-refractivity contribution in [1.82, 2.24) is 20.5 Å². The molecule has 1 aromatic carbocycles. The summed E-state index contributed by atoms with van der Waals surface area (Å²) in [5.41, 5.74) is 1.22. The predicted octanol–water partition coefficient (Wildman–Crippen LogP) is 2.48. The molecule has 0 radical (unpaired) electrons. The van der Waals surface area contributed by atoms with E-state index in [1.165, 1.54) is 0 Å². The number of fused-ring (bicyclic) bond motifs is 4. The van der Waals surface area contributed by atoms with Gasteiger partial charge in [0.1, 0.15) is 23.5 Å². The normalized spacial score (nSPS) is 26.6. The highest BCUT2D eigenvalue weighted by Gasteiger charge is 2.48. The molecule has 1 saturated carbocycles. The maximum Gasteiger partial charge on any atom is 0.271 e. The van der Waals surface area contributed by atoms with Crippen LogP contribution in [0.3, 0.4) is 0 Å². The fourth-order valence-electron chi connectivity index (χ4n) is 6.09. The molecule has 0 spiro atoms. The van der Waals surface area contributed by atoms with Gasteiger partial charge in [-0.2, -0.15) is 5.26 Å². The summed E-state index contributed by atoms with van der Waals surface area (Å²) in [4.78, 5) is 44.3. The highest BCUT2D eigenvalue weighted by atomic mass is 16.5. The Labute approximate surface area is 204 Å². The van der Waals surface area contributed by atoms with E-state index in [4.69, 9.17) is 4.74 Å². The summed E-state index contributed by atoms with van der Waals surface area (Å²) >= 11 is 0. The number of H-pyrrole nitrogens is 1. The molecule has 4 heterocycles. The van der Waals surface area contributed by atoms with Crippen LogP contribution in [-0.4, -0.2) is 59.4 Å². The summed E-state index contributed by atoms with van der Waals surface area (Å²) < 4.78 is 5.43. The van der Waals surface area contributed by atoms with Crippen molar-refractivity contribution in [3.05, 3.63) is 30.0 Å². The third kappa shape index (κ3) is 4.33. The zero-order chi connectivity index (χ0) is 24.5. The van der Waals surface area contributed by atoms with E-state index in [9.17, 15) is 19.6 Å². The van der Waals surface area contributed by atoms with Crippen LogP contribution in [-0.2, 0) is 9.59 Å². The van der Waals surface area contributed by atoms with E-state index in [1.54, 1.807) is 18.1 Å². The summed E-state index contributed by atoms with van der Waals surface area (Å²) in [6.45, 7) is 0.654. The van der Waals surface area contributed by atoms with Gasteiger partial charge < -0.3 is 25.3 Å². The van der Waals surface area contributed by atoms with Gasteiger partial charge in [0, 0.05) is 29.4 Å². The Morgan fingerprint density at radius 3 is 2.77 bits per heavy atom. The number of aromatic nitrogens is 1. The van der Waals surface area contributed by atoms with Gasteiger partial charge in [-0.15, -0.1) is 0 Å². The third-order valence-electron chi connectivity index (χ3n) is 7.85. The van der Waals surface area contributed by atoms with Gasteiger partial charge in [0.2, 0.25) is 11.8 Å². The van der Waals surface area contributed by atoms with Crippen molar-refractivity contribution in [3.8, 4) is 11.8 Å². The molecule has 2 aromatic rings. The molecule has 9 heteroatoms. The Hall–Kier alpha value is -3.54. The Morgan fingerprint density at radius 1 is 1.26 bits per heavy atom. The minimum Gasteiger partial charge on any atom is -0.496 e. The van der Waals surface area contributed by atoms with Crippen molar-refractivity contribution in [1.29, 1.82) is 5.26 Å². The van der Waals surface area contributed by atoms with Crippen molar-refractivity contribution in [2.24, 2.45) is 11.8 Å². The number of carbonyl (C=O) groups is 3. The average molecular weight is 478 g/mol. The smallest absolute Gasteiger partial charge is 0.271 e. The van der Waals surface area contributed by atoms with Crippen LogP contribution in [0, 0.1) is 23.2 Å². The Balaban J connectivity index is 1.37. The van der Waals surface area contributed by atoms with Crippen LogP contribution in [0.5, 0.6) is 5.75 Å². The number of carbonyl (C=O) groups excluding carboxylic acids is 3. The van der Waals surface area contributed by atoms with E-state index >= 15 is 0 Å². The molecule has 3 N–H and O–H groups in total. The first kappa shape index (κ1) is 23.2. The van der Waals surface area contributed by atoms with Crippen LogP contribution in [0.4, 0.5) is 0 Å². The molecular weight excluding hydrogens is 446 g/mol. The van der Waals surface area contributed by atoms with Crippen LogP contribution in [0.15, 0.2) is 24.3 Å². The topological polar surface area (TPSA) is 127 Å². The second-order valence-corrected chi connectivity index (χ2v) is 9.89. The maximum atomic E-state index is 13.7. The molecule has 3 saturated heterocycles. The van der Waals surface area contributed by atoms with Crippen LogP contribution in [0.1, 0.15) is 55.4 Å². The number of hydrogen-bond acceptors (Lipinski definition) is 5. The Morgan fingerprint density at radius 2 is 2.06 bits per heavy atom. The van der Waals surface area contributed by atoms with E-state index < -0.39 is 12.1 Å². The number of ether oxygens (including phenoxy) is 1. The molecule has 6 rings (SSSR count). The number of piperidine rings is 3. The molecule has 2 bridgehead atoms. The van der Waals surface area contributed by atoms with Gasteiger partial charge in [0.05, 0.1) is 13.2 Å². The maximum absolute atomic E-state index is 13.7. The van der Waals surface area contributed by atoms with Gasteiger partial charge >= 0.3 is 0 Å². The second-order valence-electron chi connectivity index (χ2n) is 9.89. The van der Waals surface area contributed by atoms with E-state index in [0.717, 1.165) is 43.0 Å². The lowest BCUT2D eigenvalue weighted by molar-refractivity contribution is -0.134. The molecule has 3 aliphatic heterocycles. The lowest BCUT2D eigenvalue weighted by atomic mass is 9.74. The van der Waals surface area contributed by atoms with Crippen LogP contribution in [0.2, 0.25) is 0 Å². The molecule has 0 unspecified atom stereocenters. The number of nitrogens with zero attached hydrogens (tertiary/aromatic N) is 2. The fraction of sp³-hybridized carbons (Fsp3) is 0.538.